The summed E-state index contributed by atoms with van der Waals surface area (Å²) < 4.78 is 24.3. The van der Waals surface area contributed by atoms with Gasteiger partial charge in [-0.25, -0.2) is 0 Å². The van der Waals surface area contributed by atoms with Gasteiger partial charge in [0, 0.05) is 53.3 Å². The molecule has 0 N–H and O–H groups in total. The van der Waals surface area contributed by atoms with E-state index in [2.05, 4.69) is 84.6 Å². The monoisotopic (exact) mass is 505 g/mol. The van der Waals surface area contributed by atoms with Crippen LogP contribution < -0.4 is 19.1 Å². The van der Waals surface area contributed by atoms with E-state index < -0.39 is 5.60 Å². The smallest absolute Gasteiger partial charge is 0.178 e. The summed E-state index contributed by atoms with van der Waals surface area (Å²) in [6.07, 6.45) is 5.52. The van der Waals surface area contributed by atoms with Crippen LogP contribution in [0.25, 0.3) is 16.8 Å². The van der Waals surface area contributed by atoms with Crippen molar-refractivity contribution in [2.24, 2.45) is 0 Å². The van der Waals surface area contributed by atoms with Crippen LogP contribution in [-0.4, -0.2) is 39.5 Å². The molecule has 4 aromatic carbocycles. The first kappa shape index (κ1) is 23.2. The number of hydrogen-bond acceptors (Lipinski definition) is 5. The predicted octanol–water partition coefficient (Wildman–Crippen LogP) is 6.36. The molecule has 0 bridgehead atoms. The third-order valence-electron chi connectivity index (χ3n) is 7.98. The zero-order valence-electron chi connectivity index (χ0n) is 21.8. The lowest BCUT2D eigenvalue weighted by Crippen LogP contribution is -2.37. The Labute approximate surface area is 223 Å². The lowest BCUT2D eigenvalue weighted by molar-refractivity contribution is 0.122. The van der Waals surface area contributed by atoms with Crippen molar-refractivity contribution in [1.82, 2.24) is 0 Å². The summed E-state index contributed by atoms with van der Waals surface area (Å²) in [7, 11) is 1.69. The number of morpholine rings is 1. The first-order chi connectivity index (χ1) is 18.6. The second-order valence-corrected chi connectivity index (χ2v) is 10.3. The molecule has 0 aromatic heterocycles. The topological polar surface area (TPSA) is 40.2 Å². The number of benzene rings is 4. The molecule has 0 spiro atoms. The van der Waals surface area contributed by atoms with Crippen LogP contribution in [-0.2, 0) is 16.8 Å². The molecule has 5 heteroatoms. The Morgan fingerprint density at radius 2 is 1.63 bits per heavy atom. The lowest BCUT2D eigenvalue weighted by Gasteiger charge is -2.38. The molecule has 2 unspecified atom stereocenters. The molecule has 3 aliphatic heterocycles. The van der Waals surface area contributed by atoms with Crippen molar-refractivity contribution in [3.63, 3.8) is 0 Å². The molecular formula is C33H31NO4. The van der Waals surface area contributed by atoms with Gasteiger partial charge in [-0.3, -0.25) is 0 Å². The Hall–Kier alpha value is -3.96. The predicted molar refractivity (Wildman–Crippen MR) is 151 cm³/mol. The molecule has 4 aromatic rings. The normalized spacial score (nSPS) is 21.9. The van der Waals surface area contributed by atoms with Crippen LogP contribution in [0.15, 0.2) is 78.9 Å². The second kappa shape index (κ2) is 9.10. The average molecular weight is 506 g/mol. The van der Waals surface area contributed by atoms with Gasteiger partial charge in [-0.2, -0.15) is 0 Å². The standard InChI is InChI=1S/C33H31NO4/c1-22-19-23-20-25(9-12-31(23)37-22)33(24-7-10-26(35-2)11-8-24)14-13-29-27-5-3-4-6-28(27)30(21-32(29)38-33)34-15-17-36-18-16-34/h3-14,20-22H,15-19H2,1-2H3. The summed E-state index contributed by atoms with van der Waals surface area (Å²) in [5, 5.41) is 2.43. The minimum Gasteiger partial charge on any atom is -0.497 e. The van der Waals surface area contributed by atoms with Crippen LogP contribution in [0.2, 0.25) is 0 Å². The van der Waals surface area contributed by atoms with Crippen molar-refractivity contribution in [2.45, 2.75) is 25.0 Å². The molecule has 1 saturated heterocycles. The Bertz CT molecular complexity index is 1540. The number of rotatable bonds is 4. The molecule has 0 aliphatic carbocycles. The molecule has 3 heterocycles. The van der Waals surface area contributed by atoms with E-state index in [0.29, 0.717) is 0 Å². The van der Waals surface area contributed by atoms with Crippen molar-refractivity contribution in [3.05, 3.63) is 101 Å². The highest BCUT2D eigenvalue weighted by molar-refractivity contribution is 6.02. The average Bonchev–Trinajstić information content (AvgIpc) is 3.36. The summed E-state index contributed by atoms with van der Waals surface area (Å²) in [6, 6.07) is 25.5. The number of methoxy groups -OCH3 is 1. The molecule has 192 valence electrons. The van der Waals surface area contributed by atoms with Gasteiger partial charge in [0.1, 0.15) is 23.4 Å². The number of hydrogen-bond donors (Lipinski definition) is 0. The summed E-state index contributed by atoms with van der Waals surface area (Å²) in [5.74, 6) is 2.67. The fourth-order valence-corrected chi connectivity index (χ4v) is 6.05. The largest absolute Gasteiger partial charge is 0.497 e. The summed E-state index contributed by atoms with van der Waals surface area (Å²) >= 11 is 0. The van der Waals surface area contributed by atoms with Gasteiger partial charge >= 0.3 is 0 Å². The van der Waals surface area contributed by atoms with Gasteiger partial charge in [-0.1, -0.05) is 42.5 Å². The van der Waals surface area contributed by atoms with Gasteiger partial charge in [0.05, 0.1) is 20.3 Å². The molecule has 7 rings (SSSR count). The number of ether oxygens (including phenoxy) is 4. The number of fused-ring (bicyclic) bond motifs is 4. The van der Waals surface area contributed by atoms with E-state index in [-0.39, 0.29) is 6.10 Å². The van der Waals surface area contributed by atoms with Gasteiger partial charge in [0.15, 0.2) is 5.60 Å². The highest BCUT2D eigenvalue weighted by atomic mass is 16.5. The number of nitrogens with zero attached hydrogens (tertiary/aromatic N) is 1. The highest BCUT2D eigenvalue weighted by Gasteiger charge is 2.39. The molecule has 1 fully saturated rings. The zero-order valence-corrected chi connectivity index (χ0v) is 21.8. The maximum absolute atomic E-state index is 7.17. The maximum atomic E-state index is 7.17. The molecule has 0 saturated carbocycles. The van der Waals surface area contributed by atoms with Gasteiger partial charge in [0.2, 0.25) is 0 Å². The van der Waals surface area contributed by atoms with Crippen molar-refractivity contribution in [3.8, 4) is 17.2 Å². The van der Waals surface area contributed by atoms with Crippen LogP contribution in [0.4, 0.5) is 5.69 Å². The minimum absolute atomic E-state index is 0.183. The molecule has 5 nitrogen and oxygen atoms in total. The second-order valence-electron chi connectivity index (χ2n) is 10.3. The van der Waals surface area contributed by atoms with Crippen LogP contribution >= 0.6 is 0 Å². The summed E-state index contributed by atoms with van der Waals surface area (Å²) in [4.78, 5) is 2.41. The van der Waals surface area contributed by atoms with Crippen molar-refractivity contribution < 1.29 is 18.9 Å². The Morgan fingerprint density at radius 1 is 0.868 bits per heavy atom. The van der Waals surface area contributed by atoms with Crippen LogP contribution in [0.3, 0.4) is 0 Å². The molecule has 2 atom stereocenters. The summed E-state index contributed by atoms with van der Waals surface area (Å²) in [6.45, 7) is 5.32. The van der Waals surface area contributed by atoms with E-state index in [0.717, 1.165) is 66.7 Å². The van der Waals surface area contributed by atoms with Crippen molar-refractivity contribution >= 4 is 22.5 Å². The van der Waals surface area contributed by atoms with E-state index in [9.17, 15) is 0 Å². The SMILES string of the molecule is COc1ccc(C2(c3ccc4c(c3)CC(C)O4)C=Cc3c(cc(N4CCOCC4)c4ccccc34)O2)cc1. The van der Waals surface area contributed by atoms with Gasteiger partial charge < -0.3 is 23.8 Å². The van der Waals surface area contributed by atoms with E-state index >= 15 is 0 Å². The fraction of sp³-hybridized carbons (Fsp3) is 0.273. The van der Waals surface area contributed by atoms with E-state index in [1.807, 2.05) is 12.1 Å². The Morgan fingerprint density at radius 3 is 2.42 bits per heavy atom. The van der Waals surface area contributed by atoms with E-state index in [1.165, 1.54) is 22.0 Å². The van der Waals surface area contributed by atoms with Crippen LogP contribution in [0.5, 0.6) is 17.2 Å². The molecule has 3 aliphatic rings. The maximum Gasteiger partial charge on any atom is 0.178 e. The first-order valence-corrected chi connectivity index (χ1v) is 13.4. The van der Waals surface area contributed by atoms with Crippen LogP contribution in [0.1, 0.15) is 29.2 Å². The molecule has 0 radical (unpaired) electrons. The molecule has 38 heavy (non-hydrogen) atoms. The van der Waals surface area contributed by atoms with Crippen molar-refractivity contribution in [1.29, 1.82) is 0 Å². The van der Waals surface area contributed by atoms with E-state index in [1.54, 1.807) is 7.11 Å². The third-order valence-corrected chi connectivity index (χ3v) is 7.98. The minimum atomic E-state index is -0.787. The lowest BCUT2D eigenvalue weighted by atomic mass is 9.82. The van der Waals surface area contributed by atoms with Gasteiger partial charge in [-0.05, 0) is 54.3 Å². The summed E-state index contributed by atoms with van der Waals surface area (Å²) in [5.41, 5.74) is 4.87. The Balaban J connectivity index is 1.41. The van der Waals surface area contributed by atoms with Crippen LogP contribution in [0, 0.1) is 0 Å². The molecule has 0 amide bonds. The Kier molecular flexibility index (Phi) is 5.55. The van der Waals surface area contributed by atoms with Crippen molar-refractivity contribution in [2.75, 3.05) is 38.3 Å². The quantitative estimate of drug-likeness (QED) is 0.323. The molecular weight excluding hydrogens is 474 g/mol. The fourth-order valence-electron chi connectivity index (χ4n) is 6.05. The third kappa shape index (κ3) is 3.72. The highest BCUT2D eigenvalue weighted by Crippen LogP contribution is 2.48. The van der Waals surface area contributed by atoms with Gasteiger partial charge in [0.25, 0.3) is 0 Å². The zero-order chi connectivity index (χ0) is 25.7. The first-order valence-electron chi connectivity index (χ1n) is 13.4. The van der Waals surface area contributed by atoms with Gasteiger partial charge in [-0.15, -0.1) is 0 Å². The van der Waals surface area contributed by atoms with E-state index in [4.69, 9.17) is 18.9 Å². The number of anilines is 1.